The Kier molecular flexibility index (Phi) is 5.63. The molecule has 0 amide bonds. The Balaban J connectivity index is 1.90. The summed E-state index contributed by atoms with van der Waals surface area (Å²) in [6, 6.07) is 10.1. The van der Waals surface area contributed by atoms with Crippen LogP contribution in [0.3, 0.4) is 0 Å². The lowest BCUT2D eigenvalue weighted by Gasteiger charge is -2.28. The Bertz CT molecular complexity index is 405. The lowest BCUT2D eigenvalue weighted by Crippen LogP contribution is -2.25. The highest BCUT2D eigenvalue weighted by molar-refractivity contribution is 5.72. The third kappa shape index (κ3) is 3.84. The SMILES string of the molecule is CCC1CCC(C(=O)OC(CC)c2ccccc2)CC1. The topological polar surface area (TPSA) is 26.3 Å². The van der Waals surface area contributed by atoms with Gasteiger partial charge in [-0.3, -0.25) is 4.79 Å². The van der Waals surface area contributed by atoms with Gasteiger partial charge in [-0.15, -0.1) is 0 Å². The van der Waals surface area contributed by atoms with Crippen molar-refractivity contribution in [1.29, 1.82) is 0 Å². The maximum absolute atomic E-state index is 12.3. The van der Waals surface area contributed by atoms with E-state index in [4.69, 9.17) is 4.74 Å². The van der Waals surface area contributed by atoms with Crippen molar-refractivity contribution in [3.63, 3.8) is 0 Å². The number of esters is 1. The van der Waals surface area contributed by atoms with E-state index >= 15 is 0 Å². The van der Waals surface area contributed by atoms with Crippen LogP contribution >= 0.6 is 0 Å². The van der Waals surface area contributed by atoms with Crippen LogP contribution in [0.5, 0.6) is 0 Å². The molecular weight excluding hydrogens is 248 g/mol. The van der Waals surface area contributed by atoms with E-state index in [2.05, 4.69) is 13.8 Å². The number of carbonyl (C=O) groups excluding carboxylic acids is 1. The summed E-state index contributed by atoms with van der Waals surface area (Å²) in [5, 5.41) is 0. The van der Waals surface area contributed by atoms with Gasteiger partial charge in [0.2, 0.25) is 0 Å². The molecule has 1 unspecified atom stereocenters. The minimum atomic E-state index is -0.0902. The minimum absolute atomic E-state index is 0.00950. The molecule has 0 radical (unpaired) electrons. The Hall–Kier alpha value is -1.31. The molecule has 1 fully saturated rings. The van der Waals surface area contributed by atoms with Gasteiger partial charge in [0.15, 0.2) is 0 Å². The van der Waals surface area contributed by atoms with Crippen LogP contribution < -0.4 is 0 Å². The van der Waals surface area contributed by atoms with Crippen LogP contribution in [-0.2, 0) is 9.53 Å². The molecule has 0 N–H and O–H groups in total. The van der Waals surface area contributed by atoms with Crippen molar-refractivity contribution in [2.45, 2.75) is 58.5 Å². The van der Waals surface area contributed by atoms with Gasteiger partial charge in [0.05, 0.1) is 5.92 Å². The molecule has 1 aromatic rings. The maximum atomic E-state index is 12.3. The first-order chi connectivity index (χ1) is 9.74. The van der Waals surface area contributed by atoms with E-state index in [1.165, 1.54) is 19.3 Å². The van der Waals surface area contributed by atoms with Crippen LogP contribution in [0.25, 0.3) is 0 Å². The largest absolute Gasteiger partial charge is 0.457 e. The van der Waals surface area contributed by atoms with Crippen LogP contribution in [0.4, 0.5) is 0 Å². The highest BCUT2D eigenvalue weighted by Crippen LogP contribution is 2.33. The fourth-order valence-electron chi connectivity index (χ4n) is 3.10. The molecule has 20 heavy (non-hydrogen) atoms. The third-order valence-corrected chi connectivity index (χ3v) is 4.56. The molecule has 0 aliphatic heterocycles. The Morgan fingerprint density at radius 3 is 2.35 bits per heavy atom. The van der Waals surface area contributed by atoms with Gasteiger partial charge >= 0.3 is 5.97 Å². The van der Waals surface area contributed by atoms with Crippen molar-refractivity contribution in [2.24, 2.45) is 11.8 Å². The standard InChI is InChI=1S/C18H26O2/c1-3-14-10-12-16(13-11-14)18(19)20-17(4-2)15-8-6-5-7-9-15/h5-9,14,16-17H,3-4,10-13H2,1-2H3. The summed E-state index contributed by atoms with van der Waals surface area (Å²) in [7, 11) is 0. The molecule has 0 spiro atoms. The Morgan fingerprint density at radius 2 is 1.80 bits per heavy atom. The summed E-state index contributed by atoms with van der Waals surface area (Å²) in [5.41, 5.74) is 1.10. The van der Waals surface area contributed by atoms with Crippen molar-refractivity contribution in [3.8, 4) is 0 Å². The molecule has 110 valence electrons. The summed E-state index contributed by atoms with van der Waals surface area (Å²) >= 11 is 0. The lowest BCUT2D eigenvalue weighted by molar-refractivity contribution is -0.156. The minimum Gasteiger partial charge on any atom is -0.457 e. The van der Waals surface area contributed by atoms with Crippen LogP contribution in [0.1, 0.15) is 64.0 Å². The molecule has 1 atom stereocenters. The van der Waals surface area contributed by atoms with Gasteiger partial charge in [0.25, 0.3) is 0 Å². The number of carbonyl (C=O) groups is 1. The zero-order valence-corrected chi connectivity index (χ0v) is 12.7. The van der Waals surface area contributed by atoms with Gasteiger partial charge < -0.3 is 4.74 Å². The molecule has 2 heteroatoms. The molecule has 2 nitrogen and oxygen atoms in total. The number of ether oxygens (including phenoxy) is 1. The second kappa shape index (κ2) is 7.47. The van der Waals surface area contributed by atoms with E-state index in [1.807, 2.05) is 30.3 Å². The highest BCUT2D eigenvalue weighted by atomic mass is 16.5. The number of hydrogen-bond acceptors (Lipinski definition) is 2. The predicted molar refractivity (Wildman–Crippen MR) is 81.3 cm³/mol. The fourth-order valence-corrected chi connectivity index (χ4v) is 3.10. The molecular formula is C18H26O2. The first kappa shape index (κ1) is 15.1. The van der Waals surface area contributed by atoms with Crippen molar-refractivity contribution < 1.29 is 9.53 Å². The van der Waals surface area contributed by atoms with Crippen molar-refractivity contribution >= 4 is 5.97 Å². The molecule has 2 rings (SSSR count). The van der Waals surface area contributed by atoms with Gasteiger partial charge in [-0.2, -0.15) is 0 Å². The normalized spacial score (nSPS) is 24.1. The van der Waals surface area contributed by atoms with Gasteiger partial charge in [-0.25, -0.2) is 0 Å². The van der Waals surface area contributed by atoms with E-state index in [0.29, 0.717) is 0 Å². The molecule has 0 bridgehead atoms. The predicted octanol–water partition coefficient (Wildman–Crippen LogP) is 4.90. The average molecular weight is 274 g/mol. The number of rotatable bonds is 5. The smallest absolute Gasteiger partial charge is 0.309 e. The molecule has 0 heterocycles. The molecule has 1 aliphatic carbocycles. The molecule has 1 aliphatic rings. The highest BCUT2D eigenvalue weighted by Gasteiger charge is 2.28. The van der Waals surface area contributed by atoms with Crippen LogP contribution in [-0.4, -0.2) is 5.97 Å². The summed E-state index contributed by atoms with van der Waals surface area (Å²) < 4.78 is 5.76. The van der Waals surface area contributed by atoms with Crippen LogP contribution in [0.2, 0.25) is 0 Å². The van der Waals surface area contributed by atoms with Gasteiger partial charge in [-0.1, -0.05) is 50.6 Å². The maximum Gasteiger partial charge on any atom is 0.309 e. The summed E-state index contributed by atoms with van der Waals surface area (Å²) in [4.78, 5) is 12.3. The van der Waals surface area contributed by atoms with Crippen molar-refractivity contribution in [3.05, 3.63) is 35.9 Å². The molecule has 1 saturated carbocycles. The van der Waals surface area contributed by atoms with Crippen LogP contribution in [0, 0.1) is 11.8 Å². The van der Waals surface area contributed by atoms with Gasteiger partial charge in [0, 0.05) is 0 Å². The zero-order valence-electron chi connectivity index (χ0n) is 12.7. The van der Waals surface area contributed by atoms with Crippen molar-refractivity contribution in [1.82, 2.24) is 0 Å². The number of benzene rings is 1. The number of hydrogen-bond donors (Lipinski definition) is 0. The van der Waals surface area contributed by atoms with E-state index in [1.54, 1.807) is 0 Å². The molecule has 0 saturated heterocycles. The zero-order chi connectivity index (χ0) is 14.4. The van der Waals surface area contributed by atoms with Gasteiger partial charge in [-0.05, 0) is 43.6 Å². The summed E-state index contributed by atoms with van der Waals surface area (Å²) in [6.45, 7) is 4.31. The van der Waals surface area contributed by atoms with E-state index in [-0.39, 0.29) is 18.0 Å². The van der Waals surface area contributed by atoms with E-state index in [9.17, 15) is 4.79 Å². The monoisotopic (exact) mass is 274 g/mol. The first-order valence-corrected chi connectivity index (χ1v) is 8.00. The second-order valence-corrected chi connectivity index (χ2v) is 5.87. The summed E-state index contributed by atoms with van der Waals surface area (Å²) in [6.07, 6.45) is 6.35. The van der Waals surface area contributed by atoms with Gasteiger partial charge in [0.1, 0.15) is 6.10 Å². The van der Waals surface area contributed by atoms with E-state index in [0.717, 1.165) is 30.7 Å². The molecule has 0 aromatic heterocycles. The average Bonchev–Trinajstić information content (AvgIpc) is 2.53. The quantitative estimate of drug-likeness (QED) is 0.714. The van der Waals surface area contributed by atoms with Crippen LogP contribution in [0.15, 0.2) is 30.3 Å². The third-order valence-electron chi connectivity index (χ3n) is 4.56. The molecule has 1 aromatic carbocycles. The second-order valence-electron chi connectivity index (χ2n) is 5.87. The Labute approximate surface area is 122 Å². The first-order valence-electron chi connectivity index (χ1n) is 8.00. The fraction of sp³-hybridized carbons (Fsp3) is 0.611. The Morgan fingerprint density at radius 1 is 1.15 bits per heavy atom. The van der Waals surface area contributed by atoms with E-state index < -0.39 is 0 Å². The van der Waals surface area contributed by atoms with Crippen molar-refractivity contribution in [2.75, 3.05) is 0 Å². The lowest BCUT2D eigenvalue weighted by atomic mass is 9.81. The summed E-state index contributed by atoms with van der Waals surface area (Å²) in [5.74, 6) is 0.945.